The van der Waals surface area contributed by atoms with Gasteiger partial charge in [0.15, 0.2) is 0 Å². The maximum Gasteiger partial charge on any atom is 0.408 e. The van der Waals surface area contributed by atoms with E-state index in [2.05, 4.69) is 15.9 Å². The van der Waals surface area contributed by atoms with Crippen molar-refractivity contribution in [2.24, 2.45) is 0 Å². The lowest BCUT2D eigenvalue weighted by atomic mass is 9.99. The predicted molar refractivity (Wildman–Crippen MR) is 70.4 cm³/mol. The van der Waals surface area contributed by atoms with Crippen molar-refractivity contribution >= 4 is 33.6 Å². The molecule has 17 heavy (non-hydrogen) atoms. The van der Waals surface area contributed by atoms with Crippen molar-refractivity contribution in [3.63, 3.8) is 0 Å². The van der Waals surface area contributed by atoms with Gasteiger partial charge >= 0.3 is 6.09 Å². The predicted octanol–water partition coefficient (Wildman–Crippen LogP) is 4.08. The van der Waals surface area contributed by atoms with Crippen molar-refractivity contribution in [3.8, 4) is 0 Å². The van der Waals surface area contributed by atoms with E-state index in [0.717, 1.165) is 10.0 Å². The second-order valence-corrected chi connectivity index (χ2v) is 5.11. The molecule has 0 saturated carbocycles. The Labute approximate surface area is 113 Å². The fourth-order valence-electron chi connectivity index (χ4n) is 1.94. The lowest BCUT2D eigenvalue weighted by molar-refractivity contribution is 0.128. The SMILES string of the molecule is O=C(O)N1CC=CC[C@@H]1c1cc(Cl)ccc1Br. The number of halogens is 2. The van der Waals surface area contributed by atoms with E-state index in [1.165, 1.54) is 4.90 Å². The quantitative estimate of drug-likeness (QED) is 0.793. The molecule has 90 valence electrons. The minimum atomic E-state index is -0.911. The average Bonchev–Trinajstić information content (AvgIpc) is 2.32. The monoisotopic (exact) mass is 315 g/mol. The molecule has 2 rings (SSSR count). The highest BCUT2D eigenvalue weighted by Gasteiger charge is 2.26. The summed E-state index contributed by atoms with van der Waals surface area (Å²) in [6, 6.07) is 5.26. The van der Waals surface area contributed by atoms with Gasteiger partial charge in [-0.15, -0.1) is 0 Å². The van der Waals surface area contributed by atoms with Crippen molar-refractivity contribution in [1.82, 2.24) is 4.90 Å². The smallest absolute Gasteiger partial charge is 0.408 e. The number of hydrogen-bond donors (Lipinski definition) is 1. The van der Waals surface area contributed by atoms with E-state index >= 15 is 0 Å². The standard InChI is InChI=1S/C12H11BrClNO2/c13-10-5-4-8(14)7-9(10)11-3-1-2-6-15(11)12(16)17/h1-2,4-5,7,11H,3,6H2,(H,16,17)/t11-/m1/s1. The highest BCUT2D eigenvalue weighted by Crippen LogP contribution is 2.34. The Hall–Kier alpha value is -1.000. The molecule has 0 aliphatic carbocycles. The van der Waals surface area contributed by atoms with Crippen LogP contribution in [0, 0.1) is 0 Å². The van der Waals surface area contributed by atoms with Crippen LogP contribution in [0.15, 0.2) is 34.8 Å². The molecule has 1 aromatic rings. The summed E-state index contributed by atoms with van der Waals surface area (Å²) >= 11 is 9.40. The van der Waals surface area contributed by atoms with Crippen LogP contribution >= 0.6 is 27.5 Å². The van der Waals surface area contributed by atoms with Gasteiger partial charge in [-0.1, -0.05) is 39.7 Å². The van der Waals surface area contributed by atoms with Gasteiger partial charge in [0.25, 0.3) is 0 Å². The van der Waals surface area contributed by atoms with E-state index in [4.69, 9.17) is 11.6 Å². The Morgan fingerprint density at radius 1 is 1.47 bits per heavy atom. The number of hydrogen-bond acceptors (Lipinski definition) is 1. The Morgan fingerprint density at radius 2 is 2.24 bits per heavy atom. The molecule has 1 heterocycles. The molecule has 1 amide bonds. The number of benzene rings is 1. The molecule has 0 spiro atoms. The van der Waals surface area contributed by atoms with Gasteiger partial charge < -0.3 is 5.11 Å². The molecule has 0 aromatic heterocycles. The summed E-state index contributed by atoms with van der Waals surface area (Å²) in [7, 11) is 0. The van der Waals surface area contributed by atoms with Crippen molar-refractivity contribution in [2.75, 3.05) is 6.54 Å². The van der Waals surface area contributed by atoms with Gasteiger partial charge in [-0.05, 0) is 30.2 Å². The molecule has 1 N–H and O–H groups in total. The van der Waals surface area contributed by atoms with Crippen molar-refractivity contribution in [1.29, 1.82) is 0 Å². The molecule has 0 saturated heterocycles. The maximum absolute atomic E-state index is 11.2. The summed E-state index contributed by atoms with van der Waals surface area (Å²) in [5.41, 5.74) is 0.907. The van der Waals surface area contributed by atoms with E-state index in [1.54, 1.807) is 6.07 Å². The molecule has 0 radical (unpaired) electrons. The van der Waals surface area contributed by atoms with E-state index in [0.29, 0.717) is 18.0 Å². The van der Waals surface area contributed by atoms with Crippen molar-refractivity contribution in [3.05, 3.63) is 45.4 Å². The van der Waals surface area contributed by atoms with Crippen LogP contribution in [-0.4, -0.2) is 22.6 Å². The second kappa shape index (κ2) is 5.10. The summed E-state index contributed by atoms with van der Waals surface area (Å²) in [5, 5.41) is 9.79. The molecule has 1 aliphatic heterocycles. The Bertz CT molecular complexity index is 476. The molecule has 3 nitrogen and oxygen atoms in total. The lowest BCUT2D eigenvalue weighted by Gasteiger charge is -2.31. The largest absolute Gasteiger partial charge is 0.465 e. The molecule has 5 heteroatoms. The summed E-state index contributed by atoms with van der Waals surface area (Å²) in [5.74, 6) is 0. The van der Waals surface area contributed by atoms with Gasteiger partial charge in [-0.25, -0.2) is 4.79 Å². The zero-order valence-corrected chi connectivity index (χ0v) is 11.3. The summed E-state index contributed by atoms with van der Waals surface area (Å²) < 4.78 is 0.883. The zero-order chi connectivity index (χ0) is 12.4. The van der Waals surface area contributed by atoms with Gasteiger partial charge in [-0.3, -0.25) is 4.90 Å². The molecule has 0 bridgehead atoms. The first kappa shape index (κ1) is 12.5. The van der Waals surface area contributed by atoms with Crippen LogP contribution in [0.5, 0.6) is 0 Å². The summed E-state index contributed by atoms with van der Waals surface area (Å²) in [4.78, 5) is 12.6. The minimum Gasteiger partial charge on any atom is -0.465 e. The third-order valence-electron chi connectivity index (χ3n) is 2.77. The number of nitrogens with zero attached hydrogens (tertiary/aromatic N) is 1. The Balaban J connectivity index is 2.40. The van der Waals surface area contributed by atoms with Crippen molar-refractivity contribution in [2.45, 2.75) is 12.5 Å². The molecule has 1 atom stereocenters. The molecule has 1 aromatic carbocycles. The molecule has 0 fully saturated rings. The molecule has 1 aliphatic rings. The van der Waals surface area contributed by atoms with Crippen LogP contribution in [0.25, 0.3) is 0 Å². The van der Waals surface area contributed by atoms with Crippen LogP contribution in [0.1, 0.15) is 18.0 Å². The average molecular weight is 317 g/mol. The zero-order valence-electron chi connectivity index (χ0n) is 8.94. The van der Waals surface area contributed by atoms with Crippen LogP contribution in [0.2, 0.25) is 5.02 Å². The third kappa shape index (κ3) is 2.64. The lowest BCUT2D eigenvalue weighted by Crippen LogP contribution is -2.35. The summed E-state index contributed by atoms with van der Waals surface area (Å²) in [6.45, 7) is 0.416. The number of rotatable bonds is 1. The van der Waals surface area contributed by atoms with Crippen molar-refractivity contribution < 1.29 is 9.90 Å². The number of carbonyl (C=O) groups is 1. The first-order valence-electron chi connectivity index (χ1n) is 5.19. The Kier molecular flexibility index (Phi) is 3.74. The van der Waals surface area contributed by atoms with E-state index < -0.39 is 6.09 Å². The Morgan fingerprint density at radius 3 is 2.94 bits per heavy atom. The van der Waals surface area contributed by atoms with Gasteiger partial charge in [-0.2, -0.15) is 0 Å². The maximum atomic E-state index is 11.2. The van der Waals surface area contributed by atoms with Crippen LogP contribution in [0.3, 0.4) is 0 Å². The van der Waals surface area contributed by atoms with Crippen LogP contribution < -0.4 is 0 Å². The fraction of sp³-hybridized carbons (Fsp3) is 0.250. The number of amides is 1. The fourth-order valence-corrected chi connectivity index (χ4v) is 2.64. The van der Waals surface area contributed by atoms with Crippen LogP contribution in [0.4, 0.5) is 4.79 Å². The van der Waals surface area contributed by atoms with Crippen LogP contribution in [-0.2, 0) is 0 Å². The van der Waals surface area contributed by atoms with Gasteiger partial charge in [0, 0.05) is 16.0 Å². The first-order valence-corrected chi connectivity index (χ1v) is 6.36. The minimum absolute atomic E-state index is 0.175. The molecular formula is C12H11BrClNO2. The highest BCUT2D eigenvalue weighted by molar-refractivity contribution is 9.10. The number of carboxylic acid groups (broad SMARTS) is 1. The van der Waals surface area contributed by atoms with E-state index in [9.17, 15) is 9.90 Å². The van der Waals surface area contributed by atoms with E-state index in [1.807, 2.05) is 24.3 Å². The first-order chi connectivity index (χ1) is 8.09. The summed E-state index contributed by atoms with van der Waals surface area (Å²) in [6.07, 6.45) is 3.62. The van der Waals surface area contributed by atoms with E-state index in [-0.39, 0.29) is 6.04 Å². The highest BCUT2D eigenvalue weighted by atomic mass is 79.9. The van der Waals surface area contributed by atoms with Gasteiger partial charge in [0.2, 0.25) is 0 Å². The molecular weight excluding hydrogens is 305 g/mol. The normalized spacial score (nSPS) is 19.4. The topological polar surface area (TPSA) is 40.5 Å². The third-order valence-corrected chi connectivity index (χ3v) is 3.72. The van der Waals surface area contributed by atoms with Gasteiger partial charge in [0.05, 0.1) is 6.04 Å². The molecule has 0 unspecified atom stereocenters. The van der Waals surface area contributed by atoms with Gasteiger partial charge in [0.1, 0.15) is 0 Å². The second-order valence-electron chi connectivity index (χ2n) is 3.82.